The molecule has 0 fully saturated rings. The van der Waals surface area contributed by atoms with Crippen molar-refractivity contribution in [2.24, 2.45) is 0 Å². The van der Waals surface area contributed by atoms with Gasteiger partial charge in [0.2, 0.25) is 0 Å². The van der Waals surface area contributed by atoms with Crippen molar-refractivity contribution < 1.29 is 22.9 Å². The number of rotatable bonds is 5. The zero-order valence-electron chi connectivity index (χ0n) is 12.9. The van der Waals surface area contributed by atoms with Crippen LogP contribution in [0.5, 0.6) is 0 Å². The number of nitro benzene ring substituents is 1. The van der Waals surface area contributed by atoms with Crippen molar-refractivity contribution in [3.63, 3.8) is 0 Å². The number of carbonyl (C=O) groups excluding carboxylic acids is 1. The maximum absolute atomic E-state index is 12.9. The van der Waals surface area contributed by atoms with Gasteiger partial charge in [0.1, 0.15) is 4.70 Å². The van der Waals surface area contributed by atoms with Crippen LogP contribution in [0, 0.1) is 10.1 Å². The van der Waals surface area contributed by atoms with Crippen molar-refractivity contribution in [1.29, 1.82) is 0 Å². The first-order valence-corrected chi connectivity index (χ1v) is 7.99. The monoisotopic (exact) mass is 385 g/mol. The molecule has 3 rings (SSSR count). The van der Waals surface area contributed by atoms with Crippen molar-refractivity contribution in [1.82, 2.24) is 20.1 Å². The topological polar surface area (TPSA) is 103 Å². The summed E-state index contributed by atoms with van der Waals surface area (Å²) in [6.45, 7) is 0.605. The Bertz CT molecular complexity index is 968. The molecule has 26 heavy (non-hydrogen) atoms. The first kappa shape index (κ1) is 17.8. The van der Waals surface area contributed by atoms with Crippen molar-refractivity contribution in [2.75, 3.05) is 6.54 Å². The maximum atomic E-state index is 12.9. The van der Waals surface area contributed by atoms with E-state index in [1.54, 1.807) is 23.1 Å². The molecule has 0 saturated heterocycles. The largest absolute Gasteiger partial charge is 0.416 e. The van der Waals surface area contributed by atoms with E-state index in [0.29, 0.717) is 30.0 Å². The molecule has 0 aliphatic carbocycles. The van der Waals surface area contributed by atoms with Crippen LogP contribution < -0.4 is 5.32 Å². The van der Waals surface area contributed by atoms with Gasteiger partial charge in [-0.05, 0) is 12.1 Å². The quantitative estimate of drug-likeness (QED) is 0.537. The molecule has 0 aliphatic rings. The van der Waals surface area contributed by atoms with Gasteiger partial charge in [-0.2, -0.15) is 18.3 Å². The molecule has 0 spiro atoms. The summed E-state index contributed by atoms with van der Waals surface area (Å²) < 4.78 is 40.2. The number of amides is 1. The predicted octanol–water partition coefficient (Wildman–Crippen LogP) is 2.85. The number of non-ortho nitro benzene ring substituents is 1. The van der Waals surface area contributed by atoms with E-state index in [2.05, 4.69) is 15.4 Å². The van der Waals surface area contributed by atoms with Crippen LogP contribution >= 0.6 is 11.3 Å². The van der Waals surface area contributed by atoms with E-state index in [0.717, 1.165) is 0 Å². The summed E-state index contributed by atoms with van der Waals surface area (Å²) in [6, 6.07) is 2.85. The van der Waals surface area contributed by atoms with Crippen LogP contribution in [-0.4, -0.2) is 32.1 Å². The average molecular weight is 385 g/mol. The number of hydrogen-bond donors (Lipinski definition) is 1. The molecule has 136 valence electrons. The Kier molecular flexibility index (Phi) is 4.59. The molecule has 3 aromatic rings. The Morgan fingerprint density at radius 1 is 1.38 bits per heavy atom. The molecule has 12 heteroatoms. The minimum Gasteiger partial charge on any atom is -0.348 e. The third kappa shape index (κ3) is 3.64. The molecule has 0 saturated carbocycles. The van der Waals surface area contributed by atoms with Crippen molar-refractivity contribution >= 4 is 33.1 Å². The van der Waals surface area contributed by atoms with Crippen molar-refractivity contribution in [3.8, 4) is 0 Å². The molecule has 0 radical (unpaired) electrons. The van der Waals surface area contributed by atoms with Crippen molar-refractivity contribution in [2.45, 2.75) is 12.7 Å². The maximum Gasteiger partial charge on any atom is 0.416 e. The van der Waals surface area contributed by atoms with Gasteiger partial charge in [-0.15, -0.1) is 11.3 Å². The number of carbonyl (C=O) groups is 1. The third-order valence-corrected chi connectivity index (χ3v) is 4.47. The van der Waals surface area contributed by atoms with Crippen molar-refractivity contribution in [3.05, 3.63) is 51.3 Å². The Labute approximate surface area is 147 Å². The fourth-order valence-electron chi connectivity index (χ4n) is 2.20. The standard InChI is InChI=1S/C14H10F3N5O3S/c15-14(16,17)8-6-9-11(10(7-8)22(24)25)26-13(20-9)12(23)18-3-5-21-4-1-2-19-21/h1-2,4,6-7H,3,5H2,(H,18,23). The highest BCUT2D eigenvalue weighted by molar-refractivity contribution is 7.20. The molecule has 0 atom stereocenters. The number of fused-ring (bicyclic) bond motifs is 1. The lowest BCUT2D eigenvalue weighted by molar-refractivity contribution is -0.383. The fourth-order valence-corrected chi connectivity index (χ4v) is 3.15. The molecule has 2 aromatic heterocycles. The summed E-state index contributed by atoms with van der Waals surface area (Å²) in [6.07, 6.45) is -1.48. The molecule has 0 bridgehead atoms. The highest BCUT2D eigenvalue weighted by Crippen LogP contribution is 2.38. The number of hydrogen-bond acceptors (Lipinski definition) is 6. The van der Waals surface area contributed by atoms with E-state index < -0.39 is 28.3 Å². The number of benzene rings is 1. The second kappa shape index (κ2) is 6.71. The molecule has 8 nitrogen and oxygen atoms in total. The molecule has 0 unspecified atom stereocenters. The van der Waals surface area contributed by atoms with E-state index in [9.17, 15) is 28.1 Å². The van der Waals surface area contributed by atoms with Gasteiger partial charge < -0.3 is 5.32 Å². The minimum atomic E-state index is -4.76. The van der Waals surface area contributed by atoms with Crippen LogP contribution in [0.4, 0.5) is 18.9 Å². The molecule has 1 N–H and O–H groups in total. The Morgan fingerprint density at radius 2 is 2.15 bits per heavy atom. The number of thiazole rings is 1. The summed E-state index contributed by atoms with van der Waals surface area (Å²) in [5.41, 5.74) is -2.16. The number of alkyl halides is 3. The number of aromatic nitrogens is 3. The summed E-state index contributed by atoms with van der Waals surface area (Å²) in [4.78, 5) is 26.1. The Balaban J connectivity index is 1.86. The van der Waals surface area contributed by atoms with Gasteiger partial charge in [-0.1, -0.05) is 0 Å². The molecule has 0 aliphatic heterocycles. The van der Waals surface area contributed by atoms with Crippen LogP contribution in [-0.2, 0) is 12.7 Å². The lowest BCUT2D eigenvalue weighted by atomic mass is 10.2. The van der Waals surface area contributed by atoms with E-state index >= 15 is 0 Å². The van der Waals surface area contributed by atoms with Gasteiger partial charge >= 0.3 is 6.18 Å². The van der Waals surface area contributed by atoms with E-state index in [-0.39, 0.29) is 21.8 Å². The van der Waals surface area contributed by atoms with Gasteiger partial charge in [0, 0.05) is 25.0 Å². The number of nitrogens with zero attached hydrogens (tertiary/aromatic N) is 4. The van der Waals surface area contributed by atoms with E-state index in [1.807, 2.05) is 0 Å². The summed E-state index contributed by atoms with van der Waals surface area (Å²) >= 11 is 0.673. The smallest absolute Gasteiger partial charge is 0.348 e. The number of nitrogens with one attached hydrogen (secondary N) is 1. The number of halogens is 3. The van der Waals surface area contributed by atoms with Crippen LogP contribution in [0.15, 0.2) is 30.6 Å². The third-order valence-electron chi connectivity index (χ3n) is 3.37. The lowest BCUT2D eigenvalue weighted by Crippen LogP contribution is -2.27. The summed E-state index contributed by atoms with van der Waals surface area (Å²) in [7, 11) is 0. The predicted molar refractivity (Wildman–Crippen MR) is 85.8 cm³/mol. The zero-order chi connectivity index (χ0) is 18.9. The normalized spacial score (nSPS) is 11.7. The lowest BCUT2D eigenvalue weighted by Gasteiger charge is -2.05. The fraction of sp³-hybridized carbons (Fsp3) is 0.214. The number of nitro groups is 1. The highest BCUT2D eigenvalue weighted by atomic mass is 32.1. The van der Waals surface area contributed by atoms with Gasteiger partial charge in [0.05, 0.1) is 22.5 Å². The first-order chi connectivity index (χ1) is 12.3. The molecule has 1 amide bonds. The Morgan fingerprint density at radius 3 is 2.77 bits per heavy atom. The second-order valence-electron chi connectivity index (χ2n) is 5.14. The van der Waals surface area contributed by atoms with Crippen LogP contribution in [0.3, 0.4) is 0 Å². The minimum absolute atomic E-state index is 0.0831. The molecular formula is C14H10F3N5O3S. The summed E-state index contributed by atoms with van der Waals surface area (Å²) in [5, 5.41) is 17.4. The van der Waals surface area contributed by atoms with Gasteiger partial charge in [0.15, 0.2) is 5.01 Å². The second-order valence-corrected chi connectivity index (χ2v) is 6.14. The van der Waals surface area contributed by atoms with Gasteiger partial charge in [-0.25, -0.2) is 4.98 Å². The van der Waals surface area contributed by atoms with Crippen LogP contribution in [0.1, 0.15) is 15.4 Å². The first-order valence-electron chi connectivity index (χ1n) is 7.17. The zero-order valence-corrected chi connectivity index (χ0v) is 13.7. The Hall–Kier alpha value is -3.02. The van der Waals surface area contributed by atoms with Crippen LogP contribution in [0.2, 0.25) is 0 Å². The van der Waals surface area contributed by atoms with E-state index in [1.165, 1.54) is 0 Å². The molecule has 1 aromatic carbocycles. The van der Waals surface area contributed by atoms with Gasteiger partial charge in [0.25, 0.3) is 11.6 Å². The molecular weight excluding hydrogens is 375 g/mol. The SMILES string of the molecule is O=C(NCCn1cccn1)c1nc2cc(C(F)(F)F)cc([N+](=O)[O-])c2s1. The van der Waals surface area contributed by atoms with Gasteiger partial charge in [-0.3, -0.25) is 19.6 Å². The van der Waals surface area contributed by atoms with E-state index in [4.69, 9.17) is 0 Å². The average Bonchev–Trinajstić information content (AvgIpc) is 3.21. The molecule has 2 heterocycles. The van der Waals surface area contributed by atoms with Crippen LogP contribution in [0.25, 0.3) is 10.2 Å². The highest BCUT2D eigenvalue weighted by Gasteiger charge is 2.34. The summed E-state index contributed by atoms with van der Waals surface area (Å²) in [5.74, 6) is -0.624.